The number of ether oxygens (including phenoxy) is 1. The lowest BCUT2D eigenvalue weighted by Crippen LogP contribution is -1.97. The number of hydrogen-bond acceptors (Lipinski definition) is 2. The second-order valence-electron chi connectivity index (χ2n) is 2.75. The Morgan fingerprint density at radius 1 is 1.58 bits per heavy atom. The van der Waals surface area contributed by atoms with Gasteiger partial charge in [-0.25, -0.2) is 4.98 Å². The average molecular weight is 296 g/mol. The lowest BCUT2D eigenvalue weighted by molar-refractivity contribution is 0.302. The van der Waals surface area contributed by atoms with Gasteiger partial charge in [-0.3, -0.25) is 0 Å². The molecule has 0 unspecified atom stereocenters. The lowest BCUT2D eigenvalue weighted by atomic mass is 10.4. The van der Waals surface area contributed by atoms with Crippen LogP contribution in [0.25, 0.3) is 0 Å². The molecule has 0 spiro atoms. The molecule has 0 saturated heterocycles. The largest absolute Gasteiger partial charge is 0.487 e. The van der Waals surface area contributed by atoms with E-state index in [1.165, 1.54) is 0 Å². The zero-order valence-electron chi connectivity index (χ0n) is 6.26. The molecule has 1 fully saturated rings. The quantitative estimate of drug-likeness (QED) is 0.618. The molecule has 1 saturated carbocycles. The van der Waals surface area contributed by atoms with Crippen molar-refractivity contribution in [3.63, 3.8) is 0 Å². The summed E-state index contributed by atoms with van der Waals surface area (Å²) in [5.74, 6) is 0.708. The molecule has 12 heavy (non-hydrogen) atoms. The van der Waals surface area contributed by atoms with Gasteiger partial charge in [-0.2, -0.15) is 0 Å². The van der Waals surface area contributed by atoms with E-state index in [2.05, 4.69) is 27.6 Å². The van der Waals surface area contributed by atoms with Crippen LogP contribution in [-0.2, 0) is 0 Å². The summed E-state index contributed by atoms with van der Waals surface area (Å²) >= 11 is 8.05. The molecular formula is C8H7ClINO. The third kappa shape index (κ3) is 2.01. The molecule has 2 rings (SSSR count). The van der Waals surface area contributed by atoms with E-state index in [-0.39, 0.29) is 0 Å². The molecule has 4 heteroatoms. The predicted molar refractivity (Wildman–Crippen MR) is 55.6 cm³/mol. The van der Waals surface area contributed by atoms with Crippen molar-refractivity contribution in [3.05, 3.63) is 21.0 Å². The van der Waals surface area contributed by atoms with Crippen LogP contribution in [0.4, 0.5) is 0 Å². The van der Waals surface area contributed by atoms with Crippen molar-refractivity contribution < 1.29 is 4.74 Å². The van der Waals surface area contributed by atoms with Crippen LogP contribution in [-0.4, -0.2) is 11.1 Å². The first-order chi connectivity index (χ1) is 5.75. The molecule has 1 aliphatic rings. The van der Waals surface area contributed by atoms with Crippen LogP contribution in [0.1, 0.15) is 12.8 Å². The van der Waals surface area contributed by atoms with Gasteiger partial charge in [0.05, 0.1) is 17.3 Å². The summed E-state index contributed by atoms with van der Waals surface area (Å²) in [5.41, 5.74) is 0. The average Bonchev–Trinajstić information content (AvgIpc) is 2.79. The standard InChI is InChI=1S/C8H7ClINO/c9-6-3-8(10)11-4-7(6)12-5-1-2-5/h3-5H,1-2H2. The minimum Gasteiger partial charge on any atom is -0.487 e. The number of aromatic nitrogens is 1. The molecule has 64 valence electrons. The van der Waals surface area contributed by atoms with Gasteiger partial charge in [0, 0.05) is 0 Å². The number of halogens is 2. The van der Waals surface area contributed by atoms with E-state index in [9.17, 15) is 0 Å². The van der Waals surface area contributed by atoms with E-state index in [4.69, 9.17) is 16.3 Å². The molecule has 0 radical (unpaired) electrons. The normalized spacial score (nSPS) is 16.2. The zero-order valence-corrected chi connectivity index (χ0v) is 9.17. The fourth-order valence-electron chi connectivity index (χ4n) is 0.847. The summed E-state index contributed by atoms with van der Waals surface area (Å²) in [6.45, 7) is 0. The molecule has 0 atom stereocenters. The molecule has 0 N–H and O–H groups in total. The number of pyridine rings is 1. The van der Waals surface area contributed by atoms with Gasteiger partial charge < -0.3 is 4.74 Å². The predicted octanol–water partition coefficient (Wildman–Crippen LogP) is 2.88. The van der Waals surface area contributed by atoms with Gasteiger partial charge in [0.15, 0.2) is 5.75 Å². The summed E-state index contributed by atoms with van der Waals surface area (Å²) in [5, 5.41) is 0.654. The van der Waals surface area contributed by atoms with Crippen LogP contribution in [0, 0.1) is 3.70 Å². The highest BCUT2D eigenvalue weighted by atomic mass is 127. The van der Waals surface area contributed by atoms with E-state index < -0.39 is 0 Å². The maximum Gasteiger partial charge on any atom is 0.156 e. The van der Waals surface area contributed by atoms with E-state index in [1.54, 1.807) is 12.3 Å². The highest BCUT2D eigenvalue weighted by Gasteiger charge is 2.24. The van der Waals surface area contributed by atoms with Crippen LogP contribution in [0.5, 0.6) is 5.75 Å². The van der Waals surface area contributed by atoms with E-state index >= 15 is 0 Å². The fourth-order valence-corrected chi connectivity index (χ4v) is 1.68. The van der Waals surface area contributed by atoms with Gasteiger partial charge in [-0.05, 0) is 41.5 Å². The third-order valence-corrected chi connectivity index (χ3v) is 2.49. The van der Waals surface area contributed by atoms with E-state index in [1.807, 2.05) is 0 Å². The summed E-state index contributed by atoms with van der Waals surface area (Å²) in [7, 11) is 0. The second-order valence-corrected chi connectivity index (χ2v) is 4.27. The van der Waals surface area contributed by atoms with Crippen LogP contribution < -0.4 is 4.74 Å². The SMILES string of the molecule is Clc1cc(I)ncc1OC1CC1. The van der Waals surface area contributed by atoms with Crippen LogP contribution in [0.2, 0.25) is 5.02 Å². The van der Waals surface area contributed by atoms with Crippen LogP contribution >= 0.6 is 34.2 Å². The molecule has 0 aromatic carbocycles. The smallest absolute Gasteiger partial charge is 0.156 e. The molecule has 0 amide bonds. The molecule has 2 nitrogen and oxygen atoms in total. The highest BCUT2D eigenvalue weighted by molar-refractivity contribution is 14.1. The minimum atomic E-state index is 0.379. The van der Waals surface area contributed by atoms with Gasteiger partial charge in [0.2, 0.25) is 0 Å². The monoisotopic (exact) mass is 295 g/mol. The molecule has 0 bridgehead atoms. The maximum atomic E-state index is 5.93. The second kappa shape index (κ2) is 3.38. The summed E-state index contributed by atoms with van der Waals surface area (Å²) < 4.78 is 6.40. The third-order valence-electron chi connectivity index (χ3n) is 1.60. The number of rotatable bonds is 2. The Kier molecular flexibility index (Phi) is 2.41. The number of nitrogens with zero attached hydrogens (tertiary/aromatic N) is 1. The first-order valence-corrected chi connectivity index (χ1v) is 5.19. The first-order valence-electron chi connectivity index (χ1n) is 3.73. The van der Waals surface area contributed by atoms with Crippen molar-refractivity contribution in [1.29, 1.82) is 0 Å². The van der Waals surface area contributed by atoms with Crippen LogP contribution in [0.3, 0.4) is 0 Å². The van der Waals surface area contributed by atoms with Crippen molar-refractivity contribution >= 4 is 34.2 Å². The van der Waals surface area contributed by atoms with Gasteiger partial charge in [0.1, 0.15) is 3.70 Å². The highest BCUT2D eigenvalue weighted by Crippen LogP contribution is 2.31. The van der Waals surface area contributed by atoms with Gasteiger partial charge in [-0.15, -0.1) is 0 Å². The Bertz CT molecular complexity index is 301. The van der Waals surface area contributed by atoms with Crippen LogP contribution in [0.15, 0.2) is 12.3 Å². The Labute approximate surface area is 89.4 Å². The summed E-state index contributed by atoms with van der Waals surface area (Å²) in [6.07, 6.45) is 4.34. The van der Waals surface area contributed by atoms with E-state index in [0.717, 1.165) is 16.5 Å². The Balaban J connectivity index is 2.18. The first kappa shape index (κ1) is 8.56. The Morgan fingerprint density at radius 2 is 2.33 bits per heavy atom. The maximum absolute atomic E-state index is 5.93. The zero-order chi connectivity index (χ0) is 8.55. The lowest BCUT2D eigenvalue weighted by Gasteiger charge is -2.05. The molecule has 1 heterocycles. The Hall–Kier alpha value is -0.0300. The van der Waals surface area contributed by atoms with Crippen molar-refractivity contribution in [3.8, 4) is 5.75 Å². The topological polar surface area (TPSA) is 22.1 Å². The van der Waals surface area contributed by atoms with Gasteiger partial charge in [0.25, 0.3) is 0 Å². The van der Waals surface area contributed by atoms with Crippen molar-refractivity contribution in [2.45, 2.75) is 18.9 Å². The minimum absolute atomic E-state index is 0.379. The van der Waals surface area contributed by atoms with Crippen molar-refractivity contribution in [2.24, 2.45) is 0 Å². The fraction of sp³-hybridized carbons (Fsp3) is 0.375. The molecule has 1 aliphatic carbocycles. The molecular weight excluding hydrogens is 288 g/mol. The van der Waals surface area contributed by atoms with Gasteiger partial charge >= 0.3 is 0 Å². The van der Waals surface area contributed by atoms with Crippen molar-refractivity contribution in [1.82, 2.24) is 4.98 Å². The summed E-state index contributed by atoms with van der Waals surface area (Å²) in [4.78, 5) is 4.10. The summed E-state index contributed by atoms with van der Waals surface area (Å²) in [6, 6.07) is 1.81. The van der Waals surface area contributed by atoms with Crippen molar-refractivity contribution in [2.75, 3.05) is 0 Å². The molecule has 0 aliphatic heterocycles. The number of hydrogen-bond donors (Lipinski definition) is 0. The molecule has 1 aromatic heterocycles. The van der Waals surface area contributed by atoms with E-state index in [0.29, 0.717) is 16.9 Å². The Morgan fingerprint density at radius 3 is 2.92 bits per heavy atom. The molecule has 1 aromatic rings. The van der Waals surface area contributed by atoms with Gasteiger partial charge in [-0.1, -0.05) is 11.6 Å².